The zero-order chi connectivity index (χ0) is 23.4. The Labute approximate surface area is 196 Å². The minimum absolute atomic E-state index is 0.0944. The molecule has 1 aromatic carbocycles. The molecule has 0 spiro atoms. The minimum atomic E-state index is -0.416. The average Bonchev–Trinajstić information content (AvgIpc) is 3.28. The monoisotopic (exact) mass is 521 g/mol. The summed E-state index contributed by atoms with van der Waals surface area (Å²) in [6.45, 7) is 2.68. The normalized spacial score (nSPS) is 18.3. The van der Waals surface area contributed by atoms with Gasteiger partial charge in [-0.15, -0.1) is 10.2 Å². The summed E-state index contributed by atoms with van der Waals surface area (Å²) < 4.78 is 24.8. The van der Waals surface area contributed by atoms with Crippen LogP contribution in [0, 0.1) is 12.7 Å². The molecule has 0 radical (unpaired) electrons. The molecule has 13 heteroatoms. The number of carbonyl (C=O) groups is 1. The lowest BCUT2D eigenvalue weighted by Crippen LogP contribution is -2.40. The van der Waals surface area contributed by atoms with Crippen LogP contribution in [0.3, 0.4) is 0 Å². The van der Waals surface area contributed by atoms with Crippen LogP contribution in [0.5, 0.6) is 0 Å². The average molecular weight is 522 g/mol. The Morgan fingerprint density at radius 1 is 1.27 bits per heavy atom. The van der Waals surface area contributed by atoms with Gasteiger partial charge in [0, 0.05) is 6.54 Å². The van der Waals surface area contributed by atoms with Gasteiger partial charge in [0.05, 0.1) is 30.8 Å². The SMILES string of the molecule is Cc1nc(C(=O)NCc2ccc(F)c(Br)c2)cc(-c2nnn(C[C@H]3CO[C@H](CO)CO3)n2)n1. The van der Waals surface area contributed by atoms with Crippen LogP contribution in [0.4, 0.5) is 4.39 Å². The molecule has 0 saturated carbocycles. The van der Waals surface area contributed by atoms with E-state index in [1.54, 1.807) is 19.1 Å². The van der Waals surface area contributed by atoms with Crippen LogP contribution < -0.4 is 5.32 Å². The van der Waals surface area contributed by atoms with Gasteiger partial charge in [0.15, 0.2) is 0 Å². The van der Waals surface area contributed by atoms with E-state index in [2.05, 4.69) is 46.6 Å². The van der Waals surface area contributed by atoms with E-state index >= 15 is 0 Å². The maximum Gasteiger partial charge on any atom is 0.270 e. The first-order valence-electron chi connectivity index (χ1n) is 10.1. The van der Waals surface area contributed by atoms with E-state index in [9.17, 15) is 9.18 Å². The number of amides is 1. The number of halogens is 2. The second kappa shape index (κ2) is 10.4. The Morgan fingerprint density at radius 3 is 2.79 bits per heavy atom. The lowest BCUT2D eigenvalue weighted by molar-refractivity contribution is -0.150. The van der Waals surface area contributed by atoms with Crippen molar-refractivity contribution in [3.63, 3.8) is 0 Å². The Balaban J connectivity index is 1.41. The minimum Gasteiger partial charge on any atom is -0.394 e. The van der Waals surface area contributed by atoms with Gasteiger partial charge in [0.1, 0.15) is 35.2 Å². The lowest BCUT2D eigenvalue weighted by Gasteiger charge is -2.27. The molecule has 2 N–H and O–H groups in total. The molecule has 1 fully saturated rings. The van der Waals surface area contributed by atoms with Crippen LogP contribution in [0.2, 0.25) is 0 Å². The highest BCUT2D eigenvalue weighted by molar-refractivity contribution is 9.10. The predicted octanol–water partition coefficient (Wildman–Crippen LogP) is 1.05. The highest BCUT2D eigenvalue weighted by Gasteiger charge is 2.23. The summed E-state index contributed by atoms with van der Waals surface area (Å²) in [4.78, 5) is 22.5. The van der Waals surface area contributed by atoms with Gasteiger partial charge >= 0.3 is 0 Å². The first-order valence-corrected chi connectivity index (χ1v) is 10.9. The topological polar surface area (TPSA) is 137 Å². The maximum atomic E-state index is 13.4. The van der Waals surface area contributed by atoms with Crippen molar-refractivity contribution in [2.45, 2.75) is 32.2 Å². The Bertz CT molecular complexity index is 1140. The Kier molecular flexibility index (Phi) is 7.33. The van der Waals surface area contributed by atoms with E-state index in [1.165, 1.54) is 16.9 Å². The van der Waals surface area contributed by atoms with Crippen LogP contribution in [0.25, 0.3) is 11.5 Å². The lowest BCUT2D eigenvalue weighted by atomic mass is 10.2. The van der Waals surface area contributed by atoms with Crippen molar-refractivity contribution >= 4 is 21.8 Å². The summed E-state index contributed by atoms with van der Waals surface area (Å²) in [6.07, 6.45) is -0.589. The van der Waals surface area contributed by atoms with E-state index in [-0.39, 0.29) is 42.7 Å². The number of nitrogens with one attached hydrogen (secondary N) is 1. The third-order valence-electron chi connectivity index (χ3n) is 4.80. The van der Waals surface area contributed by atoms with Crippen LogP contribution in [-0.4, -0.2) is 73.2 Å². The Morgan fingerprint density at radius 2 is 2.06 bits per heavy atom. The van der Waals surface area contributed by atoms with Crippen LogP contribution in [-0.2, 0) is 22.6 Å². The number of hydrogen-bond donors (Lipinski definition) is 2. The molecule has 0 unspecified atom stereocenters. The molecule has 4 rings (SSSR count). The smallest absolute Gasteiger partial charge is 0.270 e. The molecule has 1 aliphatic rings. The Hall–Kier alpha value is -2.87. The molecule has 0 bridgehead atoms. The summed E-state index contributed by atoms with van der Waals surface area (Å²) in [5.41, 5.74) is 1.23. The summed E-state index contributed by atoms with van der Waals surface area (Å²) in [5.74, 6) is -0.182. The predicted molar refractivity (Wildman–Crippen MR) is 115 cm³/mol. The number of nitrogens with zero attached hydrogens (tertiary/aromatic N) is 6. The standard InChI is InChI=1S/C20H21BrFN7O4/c1-11-24-17(19-26-28-29(27-19)7-13-9-33-14(8-30)10-32-13)5-18(25-11)20(31)23-6-12-2-3-16(22)15(21)4-12/h2-5,13-14,30H,6-10H2,1H3,(H,23,31)/t13-,14+/m0/s1. The summed E-state index contributed by atoms with van der Waals surface area (Å²) >= 11 is 3.13. The van der Waals surface area contributed by atoms with Gasteiger partial charge in [-0.2, -0.15) is 4.80 Å². The summed E-state index contributed by atoms with van der Waals surface area (Å²) in [7, 11) is 0. The number of aryl methyl sites for hydroxylation is 1. The van der Waals surface area contributed by atoms with E-state index < -0.39 is 5.91 Å². The molecule has 2 aromatic heterocycles. The fourth-order valence-corrected chi connectivity index (χ4v) is 3.55. The molecule has 3 heterocycles. The van der Waals surface area contributed by atoms with E-state index in [1.807, 2.05) is 0 Å². The largest absolute Gasteiger partial charge is 0.394 e. The van der Waals surface area contributed by atoms with Gasteiger partial charge in [0.2, 0.25) is 5.82 Å². The number of benzene rings is 1. The van der Waals surface area contributed by atoms with Crippen LogP contribution in [0.15, 0.2) is 28.7 Å². The second-order valence-corrected chi connectivity index (χ2v) is 8.23. The van der Waals surface area contributed by atoms with Crippen molar-refractivity contribution < 1.29 is 23.8 Å². The van der Waals surface area contributed by atoms with Crippen molar-refractivity contribution in [3.05, 3.63) is 51.6 Å². The molecule has 11 nitrogen and oxygen atoms in total. The molecule has 0 aliphatic carbocycles. The van der Waals surface area contributed by atoms with Crippen molar-refractivity contribution in [1.82, 2.24) is 35.5 Å². The van der Waals surface area contributed by atoms with E-state index in [4.69, 9.17) is 14.6 Å². The number of rotatable bonds is 7. The third-order valence-corrected chi connectivity index (χ3v) is 5.40. The van der Waals surface area contributed by atoms with Crippen LogP contribution in [0.1, 0.15) is 21.9 Å². The molecule has 2 atom stereocenters. The molecule has 1 amide bonds. The molecular formula is C20H21BrFN7O4. The molecule has 174 valence electrons. The third kappa shape index (κ3) is 5.93. The summed E-state index contributed by atoms with van der Waals surface area (Å²) in [5, 5.41) is 24.2. The van der Waals surface area contributed by atoms with Crippen molar-refractivity contribution in [1.29, 1.82) is 0 Å². The maximum absolute atomic E-state index is 13.4. The fourth-order valence-electron chi connectivity index (χ4n) is 3.12. The van der Waals surface area contributed by atoms with Gasteiger partial charge < -0.3 is 19.9 Å². The quantitative estimate of drug-likeness (QED) is 0.467. The number of carbonyl (C=O) groups excluding carboxylic acids is 1. The van der Waals surface area contributed by atoms with Crippen molar-refractivity contribution in [2.75, 3.05) is 19.8 Å². The van der Waals surface area contributed by atoms with Crippen LogP contribution >= 0.6 is 15.9 Å². The molecule has 1 saturated heterocycles. The number of hydrogen-bond acceptors (Lipinski definition) is 9. The number of tetrazole rings is 1. The van der Waals surface area contributed by atoms with Crippen molar-refractivity contribution in [3.8, 4) is 11.5 Å². The van der Waals surface area contributed by atoms with Gasteiger partial charge in [-0.25, -0.2) is 14.4 Å². The zero-order valence-electron chi connectivity index (χ0n) is 17.6. The van der Waals surface area contributed by atoms with E-state index in [0.29, 0.717) is 35.7 Å². The van der Waals surface area contributed by atoms with Gasteiger partial charge in [0.25, 0.3) is 5.91 Å². The highest BCUT2D eigenvalue weighted by atomic mass is 79.9. The summed E-state index contributed by atoms with van der Waals surface area (Å²) in [6, 6.07) is 5.99. The highest BCUT2D eigenvalue weighted by Crippen LogP contribution is 2.17. The first-order chi connectivity index (χ1) is 15.9. The molecule has 1 aliphatic heterocycles. The number of ether oxygens (including phenoxy) is 2. The number of aliphatic hydroxyl groups excluding tert-OH is 1. The van der Waals surface area contributed by atoms with Gasteiger partial charge in [-0.05, 0) is 51.8 Å². The molecule has 33 heavy (non-hydrogen) atoms. The second-order valence-electron chi connectivity index (χ2n) is 7.38. The fraction of sp³-hybridized carbons (Fsp3) is 0.400. The van der Waals surface area contributed by atoms with Gasteiger partial charge in [-0.1, -0.05) is 6.07 Å². The number of aromatic nitrogens is 6. The number of aliphatic hydroxyl groups is 1. The molecular weight excluding hydrogens is 501 g/mol. The van der Waals surface area contributed by atoms with E-state index in [0.717, 1.165) is 5.56 Å². The molecule has 3 aromatic rings. The first kappa shape index (κ1) is 23.3. The van der Waals surface area contributed by atoms with Crippen molar-refractivity contribution in [2.24, 2.45) is 0 Å². The van der Waals surface area contributed by atoms with Gasteiger partial charge in [-0.3, -0.25) is 4.79 Å². The zero-order valence-corrected chi connectivity index (χ0v) is 19.2.